The average molecular weight is 263 g/mol. The first-order valence-corrected chi connectivity index (χ1v) is 5.78. The molecule has 0 aliphatic heterocycles. The van der Waals surface area contributed by atoms with E-state index in [2.05, 4.69) is 0 Å². The van der Waals surface area contributed by atoms with E-state index in [1.165, 1.54) is 19.2 Å². The fraction of sp³-hybridized carbons (Fsp3) is 0.214. The topological polar surface area (TPSA) is 65.5 Å². The van der Waals surface area contributed by atoms with Crippen LogP contribution < -0.4 is 10.5 Å². The van der Waals surface area contributed by atoms with E-state index >= 15 is 0 Å². The van der Waals surface area contributed by atoms with Crippen molar-refractivity contribution in [3.05, 3.63) is 53.2 Å². The van der Waals surface area contributed by atoms with E-state index in [0.29, 0.717) is 11.3 Å². The van der Waals surface area contributed by atoms with Gasteiger partial charge in [-0.25, -0.2) is 4.39 Å². The number of benzene rings is 1. The number of ketones is 1. The Morgan fingerprint density at radius 3 is 2.74 bits per heavy atom. The van der Waals surface area contributed by atoms with Crippen LogP contribution >= 0.6 is 0 Å². The van der Waals surface area contributed by atoms with Gasteiger partial charge in [-0.15, -0.1) is 0 Å². The highest BCUT2D eigenvalue weighted by Crippen LogP contribution is 2.19. The van der Waals surface area contributed by atoms with Gasteiger partial charge in [0, 0.05) is 6.42 Å². The second-order valence-electron chi connectivity index (χ2n) is 4.04. The molecule has 5 heteroatoms. The zero-order valence-corrected chi connectivity index (χ0v) is 10.5. The third kappa shape index (κ3) is 3.00. The van der Waals surface area contributed by atoms with Crippen LogP contribution in [-0.2, 0) is 13.0 Å². The maximum absolute atomic E-state index is 13.5. The number of methoxy groups -OCH3 is 1. The molecule has 0 radical (unpaired) electrons. The van der Waals surface area contributed by atoms with Gasteiger partial charge >= 0.3 is 0 Å². The number of rotatable bonds is 5. The molecule has 1 heterocycles. The highest BCUT2D eigenvalue weighted by molar-refractivity contribution is 5.95. The Morgan fingerprint density at radius 1 is 1.37 bits per heavy atom. The van der Waals surface area contributed by atoms with Crippen molar-refractivity contribution in [1.82, 2.24) is 0 Å². The van der Waals surface area contributed by atoms with Crippen molar-refractivity contribution in [2.24, 2.45) is 5.73 Å². The molecule has 0 saturated heterocycles. The van der Waals surface area contributed by atoms with Crippen LogP contribution in [-0.4, -0.2) is 12.9 Å². The monoisotopic (exact) mass is 263 g/mol. The normalized spacial score (nSPS) is 10.5. The molecule has 0 unspecified atom stereocenters. The third-order valence-electron chi connectivity index (χ3n) is 2.72. The highest BCUT2D eigenvalue weighted by atomic mass is 19.1. The van der Waals surface area contributed by atoms with Gasteiger partial charge in [-0.1, -0.05) is 6.07 Å². The van der Waals surface area contributed by atoms with E-state index < -0.39 is 5.82 Å². The summed E-state index contributed by atoms with van der Waals surface area (Å²) in [6.45, 7) is 0.241. The molecule has 0 amide bonds. The Balaban J connectivity index is 2.12. The summed E-state index contributed by atoms with van der Waals surface area (Å²) in [5, 5.41) is 0. The van der Waals surface area contributed by atoms with E-state index in [0.717, 1.165) is 0 Å². The fourth-order valence-electron chi connectivity index (χ4n) is 1.73. The molecular formula is C14H14FNO3. The van der Waals surface area contributed by atoms with Gasteiger partial charge in [-0.05, 0) is 29.8 Å². The lowest BCUT2D eigenvalue weighted by molar-refractivity contribution is 0.0964. The minimum Gasteiger partial charge on any atom is -0.494 e. The van der Waals surface area contributed by atoms with E-state index in [1.54, 1.807) is 18.2 Å². The number of hydrogen-bond donors (Lipinski definition) is 1. The number of nitrogens with two attached hydrogens (primary N) is 1. The number of furan rings is 1. The fourth-order valence-corrected chi connectivity index (χ4v) is 1.73. The number of hydrogen-bond acceptors (Lipinski definition) is 4. The summed E-state index contributed by atoms with van der Waals surface area (Å²) in [7, 11) is 1.39. The molecule has 2 aromatic rings. The van der Waals surface area contributed by atoms with Gasteiger partial charge < -0.3 is 14.9 Å². The lowest BCUT2D eigenvalue weighted by Crippen LogP contribution is -2.03. The summed E-state index contributed by atoms with van der Waals surface area (Å²) in [6, 6.07) is 7.65. The smallest absolute Gasteiger partial charge is 0.202 e. The highest BCUT2D eigenvalue weighted by Gasteiger charge is 2.13. The van der Waals surface area contributed by atoms with Crippen molar-refractivity contribution >= 4 is 5.78 Å². The maximum Gasteiger partial charge on any atom is 0.202 e. The molecule has 0 fully saturated rings. The van der Waals surface area contributed by atoms with Gasteiger partial charge in [-0.2, -0.15) is 0 Å². The molecule has 4 nitrogen and oxygen atoms in total. The molecule has 0 aliphatic carbocycles. The molecule has 0 bridgehead atoms. The lowest BCUT2D eigenvalue weighted by atomic mass is 10.1. The minimum absolute atomic E-state index is 0.0679. The van der Waals surface area contributed by atoms with Crippen LogP contribution in [0.2, 0.25) is 0 Å². The van der Waals surface area contributed by atoms with E-state index in [1.807, 2.05) is 0 Å². The predicted octanol–water partition coefficient (Wildman–Crippen LogP) is 2.31. The van der Waals surface area contributed by atoms with Crippen molar-refractivity contribution in [3.8, 4) is 5.75 Å². The molecule has 19 heavy (non-hydrogen) atoms. The first kappa shape index (κ1) is 13.3. The lowest BCUT2D eigenvalue weighted by Gasteiger charge is -2.04. The van der Waals surface area contributed by atoms with Crippen molar-refractivity contribution < 1.29 is 18.3 Å². The summed E-state index contributed by atoms with van der Waals surface area (Å²) in [6.07, 6.45) is 0.0679. The van der Waals surface area contributed by atoms with Crippen LogP contribution in [0.3, 0.4) is 0 Å². The maximum atomic E-state index is 13.5. The Labute approximate surface area is 110 Å². The van der Waals surface area contributed by atoms with Crippen LogP contribution in [0.4, 0.5) is 4.39 Å². The molecule has 0 saturated carbocycles. The molecule has 0 atom stereocenters. The Hall–Kier alpha value is -2.14. The molecular weight excluding hydrogens is 249 g/mol. The van der Waals surface area contributed by atoms with Crippen LogP contribution in [0.25, 0.3) is 0 Å². The van der Waals surface area contributed by atoms with Gasteiger partial charge in [0.1, 0.15) is 5.76 Å². The largest absolute Gasteiger partial charge is 0.494 e. The van der Waals surface area contributed by atoms with E-state index in [9.17, 15) is 9.18 Å². The molecule has 0 aliphatic rings. The molecule has 0 spiro atoms. The zero-order chi connectivity index (χ0) is 13.8. The standard InChI is InChI=1S/C14H14FNO3/c1-18-13-4-2-9(6-11(13)15)7-12(17)14-5-3-10(8-16)19-14/h2-6H,7-8,16H2,1H3. The summed E-state index contributed by atoms with van der Waals surface area (Å²) < 4.78 is 23.5. The first-order valence-electron chi connectivity index (χ1n) is 5.78. The predicted molar refractivity (Wildman–Crippen MR) is 67.6 cm³/mol. The van der Waals surface area contributed by atoms with Gasteiger partial charge in [-0.3, -0.25) is 4.79 Å². The number of Topliss-reactive ketones (excluding diaryl/α,β-unsaturated/α-hetero) is 1. The quantitative estimate of drug-likeness (QED) is 0.841. The summed E-state index contributed by atoms with van der Waals surface area (Å²) in [5.74, 6) is 0.222. The molecule has 2 N–H and O–H groups in total. The number of carbonyl (C=O) groups excluding carboxylic acids is 1. The first-order chi connectivity index (χ1) is 9.13. The van der Waals surface area contributed by atoms with Crippen LogP contribution in [0.15, 0.2) is 34.7 Å². The van der Waals surface area contributed by atoms with Crippen LogP contribution in [0.1, 0.15) is 21.9 Å². The summed E-state index contributed by atoms with van der Waals surface area (Å²) in [4.78, 5) is 11.9. The van der Waals surface area contributed by atoms with Gasteiger partial charge in [0.15, 0.2) is 17.3 Å². The molecule has 1 aromatic heterocycles. The number of halogens is 1. The second kappa shape index (κ2) is 5.67. The SMILES string of the molecule is COc1ccc(CC(=O)c2ccc(CN)o2)cc1F. The number of carbonyl (C=O) groups is 1. The summed E-state index contributed by atoms with van der Waals surface area (Å²) in [5.41, 5.74) is 5.96. The van der Waals surface area contributed by atoms with Gasteiger partial charge in [0.2, 0.25) is 5.78 Å². The van der Waals surface area contributed by atoms with Crippen molar-refractivity contribution in [2.75, 3.05) is 7.11 Å². The second-order valence-corrected chi connectivity index (χ2v) is 4.04. The Kier molecular flexibility index (Phi) is 3.97. The zero-order valence-electron chi connectivity index (χ0n) is 10.5. The molecule has 100 valence electrons. The van der Waals surface area contributed by atoms with Crippen LogP contribution in [0.5, 0.6) is 5.75 Å². The third-order valence-corrected chi connectivity index (χ3v) is 2.72. The molecule has 2 rings (SSSR count). The minimum atomic E-state index is -0.491. The van der Waals surface area contributed by atoms with Crippen LogP contribution in [0, 0.1) is 5.82 Å². The van der Waals surface area contributed by atoms with Crippen molar-refractivity contribution in [3.63, 3.8) is 0 Å². The van der Waals surface area contributed by atoms with E-state index in [-0.39, 0.29) is 30.3 Å². The Bertz CT molecular complexity index is 592. The summed E-state index contributed by atoms with van der Waals surface area (Å²) >= 11 is 0. The van der Waals surface area contributed by atoms with E-state index in [4.69, 9.17) is 14.9 Å². The Morgan fingerprint density at radius 2 is 2.16 bits per heavy atom. The van der Waals surface area contributed by atoms with Crippen molar-refractivity contribution in [2.45, 2.75) is 13.0 Å². The van der Waals surface area contributed by atoms with Crippen molar-refractivity contribution in [1.29, 1.82) is 0 Å². The van der Waals surface area contributed by atoms with Gasteiger partial charge in [0.05, 0.1) is 13.7 Å². The number of ether oxygens (including phenoxy) is 1. The van der Waals surface area contributed by atoms with Gasteiger partial charge in [0.25, 0.3) is 0 Å². The average Bonchev–Trinajstić information content (AvgIpc) is 2.88. The molecule has 1 aromatic carbocycles.